The van der Waals surface area contributed by atoms with Crippen LogP contribution < -0.4 is 10.6 Å². The first-order valence-electron chi connectivity index (χ1n) is 7.17. The fourth-order valence-electron chi connectivity index (χ4n) is 2.45. The molecule has 2 N–H and O–H groups in total. The molecular formula is C16H22BrN3O. The number of ether oxygens (including phenoxy) is 1. The minimum Gasteiger partial charge on any atom is -0.396 e. The number of hydrogen-bond donors (Lipinski definition) is 1. The van der Waals surface area contributed by atoms with E-state index in [0.29, 0.717) is 18.3 Å². The molecule has 21 heavy (non-hydrogen) atoms. The molecule has 114 valence electrons. The van der Waals surface area contributed by atoms with Crippen LogP contribution in [0.5, 0.6) is 0 Å². The van der Waals surface area contributed by atoms with Crippen molar-refractivity contribution in [2.24, 2.45) is 0 Å². The Bertz CT molecular complexity index is 612. The van der Waals surface area contributed by atoms with Gasteiger partial charge >= 0.3 is 0 Å². The third-order valence-electron chi connectivity index (χ3n) is 3.78. The SMILES string of the molecule is CCC(C)N(CCOC)c1c(N)cnc2ccc(Br)cc12. The van der Waals surface area contributed by atoms with Gasteiger partial charge in [-0.1, -0.05) is 22.9 Å². The maximum Gasteiger partial charge on any atom is 0.0745 e. The molecule has 0 bridgehead atoms. The fourth-order valence-corrected chi connectivity index (χ4v) is 2.81. The normalized spacial score (nSPS) is 12.6. The van der Waals surface area contributed by atoms with E-state index >= 15 is 0 Å². The van der Waals surface area contributed by atoms with Crippen LogP contribution in [0, 0.1) is 0 Å². The van der Waals surface area contributed by atoms with Gasteiger partial charge in [0.25, 0.3) is 0 Å². The molecule has 5 heteroatoms. The highest BCUT2D eigenvalue weighted by molar-refractivity contribution is 9.10. The van der Waals surface area contributed by atoms with Gasteiger partial charge in [0.15, 0.2) is 0 Å². The third kappa shape index (κ3) is 3.47. The van der Waals surface area contributed by atoms with Crippen molar-refractivity contribution in [1.29, 1.82) is 0 Å². The van der Waals surface area contributed by atoms with Gasteiger partial charge in [0.05, 0.1) is 29.7 Å². The van der Waals surface area contributed by atoms with Crippen LogP contribution in [0.2, 0.25) is 0 Å². The molecule has 0 aliphatic heterocycles. The van der Waals surface area contributed by atoms with Gasteiger partial charge in [-0.3, -0.25) is 4.98 Å². The summed E-state index contributed by atoms with van der Waals surface area (Å²) in [7, 11) is 1.72. The minimum atomic E-state index is 0.382. The third-order valence-corrected chi connectivity index (χ3v) is 4.27. The van der Waals surface area contributed by atoms with Gasteiger partial charge in [-0.05, 0) is 31.5 Å². The molecule has 0 spiro atoms. The smallest absolute Gasteiger partial charge is 0.0745 e. The van der Waals surface area contributed by atoms with Gasteiger partial charge in [-0.25, -0.2) is 0 Å². The Hall–Kier alpha value is -1.33. The van der Waals surface area contributed by atoms with Crippen molar-refractivity contribution < 1.29 is 4.74 Å². The summed E-state index contributed by atoms with van der Waals surface area (Å²) in [5, 5.41) is 1.07. The average molecular weight is 352 g/mol. The summed E-state index contributed by atoms with van der Waals surface area (Å²) in [6.45, 7) is 5.86. The quantitative estimate of drug-likeness (QED) is 0.859. The number of hydrogen-bond acceptors (Lipinski definition) is 4. The van der Waals surface area contributed by atoms with Crippen LogP contribution in [0.25, 0.3) is 10.9 Å². The van der Waals surface area contributed by atoms with Gasteiger partial charge in [-0.2, -0.15) is 0 Å². The second-order valence-electron chi connectivity index (χ2n) is 5.17. The zero-order valence-corrected chi connectivity index (χ0v) is 14.4. The summed E-state index contributed by atoms with van der Waals surface area (Å²) >= 11 is 3.54. The Morgan fingerprint density at radius 1 is 1.43 bits per heavy atom. The summed E-state index contributed by atoms with van der Waals surface area (Å²) in [5.41, 5.74) is 8.95. The van der Waals surface area contributed by atoms with Crippen molar-refractivity contribution in [3.63, 3.8) is 0 Å². The van der Waals surface area contributed by atoms with Crippen molar-refractivity contribution in [3.8, 4) is 0 Å². The number of nitrogen functional groups attached to an aromatic ring is 1. The zero-order chi connectivity index (χ0) is 15.4. The molecular weight excluding hydrogens is 330 g/mol. The molecule has 0 radical (unpaired) electrons. The number of rotatable bonds is 6. The second-order valence-corrected chi connectivity index (χ2v) is 6.08. The molecule has 1 aromatic heterocycles. The highest BCUT2D eigenvalue weighted by Crippen LogP contribution is 2.34. The van der Waals surface area contributed by atoms with Gasteiger partial charge in [0.2, 0.25) is 0 Å². The number of fused-ring (bicyclic) bond motifs is 1. The number of aromatic nitrogens is 1. The second kappa shape index (κ2) is 7.09. The minimum absolute atomic E-state index is 0.382. The van der Waals surface area contributed by atoms with E-state index in [-0.39, 0.29) is 0 Å². The average Bonchev–Trinajstić information content (AvgIpc) is 2.48. The number of nitrogens with two attached hydrogens (primary N) is 1. The van der Waals surface area contributed by atoms with E-state index in [9.17, 15) is 0 Å². The van der Waals surface area contributed by atoms with E-state index in [0.717, 1.165) is 34.0 Å². The van der Waals surface area contributed by atoms with Crippen molar-refractivity contribution in [3.05, 3.63) is 28.9 Å². The molecule has 1 aromatic carbocycles. The first-order chi connectivity index (χ1) is 10.1. The lowest BCUT2D eigenvalue weighted by Gasteiger charge is -2.32. The van der Waals surface area contributed by atoms with Crippen LogP contribution in [0.1, 0.15) is 20.3 Å². The zero-order valence-electron chi connectivity index (χ0n) is 12.8. The number of pyridine rings is 1. The van der Waals surface area contributed by atoms with Crippen LogP contribution in [0.15, 0.2) is 28.9 Å². The van der Waals surface area contributed by atoms with E-state index in [1.165, 1.54) is 0 Å². The van der Waals surface area contributed by atoms with Crippen LogP contribution >= 0.6 is 15.9 Å². The molecule has 1 atom stereocenters. The predicted octanol–water partition coefficient (Wildman–Crippen LogP) is 3.83. The molecule has 0 saturated heterocycles. The van der Waals surface area contributed by atoms with E-state index in [1.807, 2.05) is 12.1 Å². The highest BCUT2D eigenvalue weighted by atomic mass is 79.9. The summed E-state index contributed by atoms with van der Waals surface area (Å²) < 4.78 is 6.28. The lowest BCUT2D eigenvalue weighted by atomic mass is 10.1. The van der Waals surface area contributed by atoms with Crippen molar-refractivity contribution >= 4 is 38.2 Å². The topological polar surface area (TPSA) is 51.4 Å². The standard InChI is InChI=1S/C16H22BrN3O/c1-4-11(2)20(7-8-21-3)16-13-9-12(17)5-6-15(13)19-10-14(16)18/h5-6,9-11H,4,7-8,18H2,1-3H3. The molecule has 0 aliphatic carbocycles. The molecule has 4 nitrogen and oxygen atoms in total. The summed E-state index contributed by atoms with van der Waals surface area (Å²) in [5.74, 6) is 0. The number of nitrogens with zero attached hydrogens (tertiary/aromatic N) is 2. The number of benzene rings is 1. The molecule has 0 amide bonds. The molecule has 0 fully saturated rings. The van der Waals surface area contributed by atoms with Crippen LogP contribution in [-0.2, 0) is 4.74 Å². The maximum absolute atomic E-state index is 6.24. The highest BCUT2D eigenvalue weighted by Gasteiger charge is 2.19. The number of anilines is 2. The Kier molecular flexibility index (Phi) is 5.42. The molecule has 1 unspecified atom stereocenters. The molecule has 1 heterocycles. The largest absolute Gasteiger partial charge is 0.396 e. The fraction of sp³-hybridized carbons (Fsp3) is 0.438. The Morgan fingerprint density at radius 2 is 2.19 bits per heavy atom. The predicted molar refractivity (Wildman–Crippen MR) is 92.8 cm³/mol. The van der Waals surface area contributed by atoms with Crippen molar-refractivity contribution in [1.82, 2.24) is 4.98 Å². The van der Waals surface area contributed by atoms with Crippen molar-refractivity contribution in [2.75, 3.05) is 30.9 Å². The first kappa shape index (κ1) is 16.0. The Morgan fingerprint density at radius 3 is 2.86 bits per heavy atom. The lowest BCUT2D eigenvalue weighted by Crippen LogP contribution is -2.36. The van der Waals surface area contributed by atoms with E-state index < -0.39 is 0 Å². The molecule has 0 aliphatic rings. The maximum atomic E-state index is 6.24. The van der Waals surface area contributed by atoms with Crippen LogP contribution in [0.4, 0.5) is 11.4 Å². The number of halogens is 1. The Labute approximate surface area is 134 Å². The number of methoxy groups -OCH3 is 1. The van der Waals surface area contributed by atoms with Gasteiger partial charge in [-0.15, -0.1) is 0 Å². The molecule has 0 saturated carbocycles. The van der Waals surface area contributed by atoms with Crippen LogP contribution in [-0.4, -0.2) is 31.3 Å². The lowest BCUT2D eigenvalue weighted by molar-refractivity contribution is 0.203. The summed E-state index contributed by atoms with van der Waals surface area (Å²) in [6, 6.07) is 6.47. The van der Waals surface area contributed by atoms with E-state index in [1.54, 1.807) is 13.3 Å². The Balaban J connectivity index is 2.59. The molecule has 2 aromatic rings. The molecule has 2 rings (SSSR count). The monoisotopic (exact) mass is 351 g/mol. The first-order valence-corrected chi connectivity index (χ1v) is 7.97. The van der Waals surface area contributed by atoms with Gasteiger partial charge in [0, 0.05) is 29.6 Å². The summed E-state index contributed by atoms with van der Waals surface area (Å²) in [6.07, 6.45) is 2.79. The van der Waals surface area contributed by atoms with Crippen LogP contribution in [0.3, 0.4) is 0 Å². The van der Waals surface area contributed by atoms with Gasteiger partial charge in [0.1, 0.15) is 0 Å². The van der Waals surface area contributed by atoms with Gasteiger partial charge < -0.3 is 15.4 Å². The van der Waals surface area contributed by atoms with Crippen molar-refractivity contribution in [2.45, 2.75) is 26.3 Å². The van der Waals surface area contributed by atoms with E-state index in [4.69, 9.17) is 10.5 Å². The van der Waals surface area contributed by atoms with E-state index in [2.05, 4.69) is 45.7 Å². The summed E-state index contributed by atoms with van der Waals surface area (Å²) in [4.78, 5) is 6.74.